The highest BCUT2D eigenvalue weighted by Crippen LogP contribution is 2.73. The van der Waals surface area contributed by atoms with Gasteiger partial charge in [-0.25, -0.2) is 0 Å². The maximum absolute atomic E-state index is 11.9. The van der Waals surface area contributed by atoms with Gasteiger partial charge < -0.3 is 9.05 Å². The SMILES string of the molecule is COP(=O)(OC)[C@]1(C(=O)Cl)C[C@H]1C. The van der Waals surface area contributed by atoms with Crippen LogP contribution in [0.3, 0.4) is 0 Å². The summed E-state index contributed by atoms with van der Waals surface area (Å²) in [6, 6.07) is 0. The van der Waals surface area contributed by atoms with Crippen LogP contribution in [0.15, 0.2) is 0 Å². The topological polar surface area (TPSA) is 52.6 Å². The third-order valence-electron chi connectivity index (χ3n) is 2.58. The van der Waals surface area contributed by atoms with E-state index in [9.17, 15) is 9.36 Å². The molecule has 0 aliphatic heterocycles. The number of halogens is 1. The normalized spacial score (nSPS) is 33.1. The first kappa shape index (κ1) is 11.2. The molecule has 0 unspecified atom stereocenters. The Kier molecular flexibility index (Phi) is 2.89. The molecule has 1 aliphatic rings. The molecule has 76 valence electrons. The summed E-state index contributed by atoms with van der Waals surface area (Å²) >= 11 is 5.40. The largest absolute Gasteiger partial charge is 0.345 e. The fourth-order valence-corrected chi connectivity index (χ4v) is 4.20. The van der Waals surface area contributed by atoms with Crippen LogP contribution in [0.25, 0.3) is 0 Å². The molecule has 0 bridgehead atoms. The van der Waals surface area contributed by atoms with E-state index >= 15 is 0 Å². The molecule has 6 heteroatoms. The Balaban J connectivity index is 3.04. The predicted molar refractivity (Wildman–Crippen MR) is 49.0 cm³/mol. The van der Waals surface area contributed by atoms with Crippen LogP contribution in [0.2, 0.25) is 0 Å². The summed E-state index contributed by atoms with van der Waals surface area (Å²) in [4.78, 5) is 11.1. The number of hydrogen-bond donors (Lipinski definition) is 0. The fraction of sp³-hybridized carbons (Fsp3) is 0.857. The van der Waals surface area contributed by atoms with E-state index in [2.05, 4.69) is 0 Å². The van der Waals surface area contributed by atoms with Crippen molar-refractivity contribution < 1.29 is 18.4 Å². The summed E-state index contributed by atoms with van der Waals surface area (Å²) in [6.07, 6.45) is 0.467. The van der Waals surface area contributed by atoms with E-state index in [4.69, 9.17) is 20.6 Å². The molecule has 0 radical (unpaired) electrons. The van der Waals surface area contributed by atoms with Crippen molar-refractivity contribution in [1.82, 2.24) is 0 Å². The lowest BCUT2D eigenvalue weighted by Gasteiger charge is -2.21. The Morgan fingerprint density at radius 1 is 1.54 bits per heavy atom. The minimum Gasteiger partial charge on any atom is -0.311 e. The van der Waals surface area contributed by atoms with Crippen LogP contribution in [0.1, 0.15) is 13.3 Å². The van der Waals surface area contributed by atoms with Crippen LogP contribution in [0, 0.1) is 5.92 Å². The van der Waals surface area contributed by atoms with Crippen LogP contribution in [0.5, 0.6) is 0 Å². The summed E-state index contributed by atoms with van der Waals surface area (Å²) in [5, 5.41) is -1.73. The summed E-state index contributed by atoms with van der Waals surface area (Å²) < 4.78 is 21.5. The molecular formula is C7H12ClO4P. The van der Waals surface area contributed by atoms with Gasteiger partial charge >= 0.3 is 7.60 Å². The highest BCUT2D eigenvalue weighted by Gasteiger charge is 2.70. The van der Waals surface area contributed by atoms with Crippen molar-refractivity contribution in [1.29, 1.82) is 0 Å². The summed E-state index contributed by atoms with van der Waals surface area (Å²) in [6.45, 7) is 1.80. The van der Waals surface area contributed by atoms with Crippen molar-refractivity contribution in [2.45, 2.75) is 18.5 Å². The Morgan fingerprint density at radius 3 is 2.00 bits per heavy atom. The minimum absolute atomic E-state index is 0.0387. The molecule has 0 spiro atoms. The lowest BCUT2D eigenvalue weighted by molar-refractivity contribution is -0.112. The maximum atomic E-state index is 11.9. The van der Waals surface area contributed by atoms with Crippen LogP contribution in [-0.4, -0.2) is 24.6 Å². The first-order chi connectivity index (χ1) is 5.94. The van der Waals surface area contributed by atoms with Crippen molar-refractivity contribution in [2.24, 2.45) is 5.92 Å². The molecule has 1 fully saturated rings. The van der Waals surface area contributed by atoms with Gasteiger partial charge in [0.25, 0.3) is 0 Å². The van der Waals surface area contributed by atoms with Gasteiger partial charge in [0.15, 0.2) is 0 Å². The number of rotatable bonds is 4. The van der Waals surface area contributed by atoms with Gasteiger partial charge in [-0.1, -0.05) is 6.92 Å². The molecule has 1 rings (SSSR count). The van der Waals surface area contributed by atoms with Gasteiger partial charge in [-0.3, -0.25) is 9.36 Å². The first-order valence-electron chi connectivity index (χ1n) is 3.86. The average molecular weight is 227 g/mol. The van der Waals surface area contributed by atoms with Crippen molar-refractivity contribution in [3.63, 3.8) is 0 Å². The van der Waals surface area contributed by atoms with E-state index < -0.39 is 18.0 Å². The van der Waals surface area contributed by atoms with Crippen molar-refractivity contribution >= 4 is 24.4 Å². The third kappa shape index (κ3) is 1.37. The van der Waals surface area contributed by atoms with E-state index in [1.807, 2.05) is 0 Å². The average Bonchev–Trinajstić information content (AvgIpc) is 2.78. The molecule has 0 aromatic rings. The molecule has 4 nitrogen and oxygen atoms in total. The smallest absolute Gasteiger partial charge is 0.311 e. The quantitative estimate of drug-likeness (QED) is 0.544. The zero-order chi connectivity index (χ0) is 10.3. The molecule has 1 saturated carbocycles. The third-order valence-corrected chi connectivity index (χ3v) is 5.82. The number of hydrogen-bond acceptors (Lipinski definition) is 4. The zero-order valence-electron chi connectivity index (χ0n) is 7.74. The molecule has 2 atom stereocenters. The molecule has 0 amide bonds. The molecule has 0 aromatic carbocycles. The van der Waals surface area contributed by atoms with E-state index in [0.29, 0.717) is 6.42 Å². The van der Waals surface area contributed by atoms with Crippen molar-refractivity contribution in [3.8, 4) is 0 Å². The maximum Gasteiger partial charge on any atom is 0.345 e. The van der Waals surface area contributed by atoms with Gasteiger partial charge in [0.05, 0.1) is 0 Å². The van der Waals surface area contributed by atoms with E-state index in [1.54, 1.807) is 6.92 Å². The van der Waals surface area contributed by atoms with Crippen molar-refractivity contribution in [2.75, 3.05) is 14.2 Å². The van der Waals surface area contributed by atoms with Gasteiger partial charge in [0.1, 0.15) is 5.16 Å². The number of carbonyl (C=O) groups excluding carboxylic acids is 1. The molecule has 0 aromatic heterocycles. The summed E-state index contributed by atoms with van der Waals surface area (Å²) in [5.74, 6) is -0.0387. The Labute approximate surface area is 82.1 Å². The molecular weight excluding hydrogens is 214 g/mol. The van der Waals surface area contributed by atoms with Crippen LogP contribution in [0.4, 0.5) is 0 Å². The predicted octanol–water partition coefficient (Wildman–Crippen LogP) is 2.02. The minimum atomic E-state index is -3.37. The van der Waals surface area contributed by atoms with Crippen LogP contribution >= 0.6 is 19.2 Å². The number of carbonyl (C=O) groups is 1. The highest BCUT2D eigenvalue weighted by atomic mass is 35.5. The van der Waals surface area contributed by atoms with Gasteiger partial charge in [-0.05, 0) is 23.9 Å². The fourth-order valence-electron chi connectivity index (χ4n) is 1.57. The lowest BCUT2D eigenvalue weighted by atomic mass is 10.4. The highest BCUT2D eigenvalue weighted by molar-refractivity contribution is 7.57. The molecule has 1 aliphatic carbocycles. The van der Waals surface area contributed by atoms with E-state index in [-0.39, 0.29) is 5.92 Å². The zero-order valence-corrected chi connectivity index (χ0v) is 9.39. The molecule has 13 heavy (non-hydrogen) atoms. The first-order valence-corrected chi connectivity index (χ1v) is 5.78. The van der Waals surface area contributed by atoms with E-state index in [1.165, 1.54) is 14.2 Å². The summed E-state index contributed by atoms with van der Waals surface area (Å²) in [7, 11) is -0.845. The lowest BCUT2D eigenvalue weighted by Crippen LogP contribution is -2.22. The van der Waals surface area contributed by atoms with Crippen LogP contribution < -0.4 is 0 Å². The summed E-state index contributed by atoms with van der Waals surface area (Å²) in [5.41, 5.74) is 0. The Hall–Kier alpha value is 0.110. The van der Waals surface area contributed by atoms with Gasteiger partial charge in [-0.2, -0.15) is 0 Å². The monoisotopic (exact) mass is 226 g/mol. The van der Waals surface area contributed by atoms with Gasteiger partial charge in [0, 0.05) is 14.2 Å². The van der Waals surface area contributed by atoms with Crippen molar-refractivity contribution in [3.05, 3.63) is 0 Å². The molecule has 0 N–H and O–H groups in total. The van der Waals surface area contributed by atoms with Gasteiger partial charge in [-0.15, -0.1) is 0 Å². The Bertz CT molecular complexity index is 272. The standard InChI is InChI=1S/C7H12ClO4P/c1-5-4-7(5,6(8)9)13(10,11-2)12-3/h5H,4H2,1-3H3/t5-,7-/m1/s1. The molecule has 0 heterocycles. The second-order valence-corrected chi connectivity index (χ2v) is 6.03. The Morgan fingerprint density at radius 2 is 1.92 bits per heavy atom. The molecule has 0 saturated heterocycles. The van der Waals surface area contributed by atoms with Gasteiger partial charge in [0.2, 0.25) is 5.24 Å². The van der Waals surface area contributed by atoms with E-state index in [0.717, 1.165) is 0 Å². The second kappa shape index (κ2) is 3.35. The second-order valence-electron chi connectivity index (χ2n) is 3.17. The van der Waals surface area contributed by atoms with Crippen LogP contribution in [-0.2, 0) is 18.4 Å².